The summed E-state index contributed by atoms with van der Waals surface area (Å²) >= 11 is 3.35. The minimum Gasteiger partial charge on any atom is -0.366 e. The lowest BCUT2D eigenvalue weighted by Gasteiger charge is -2.07. The van der Waals surface area contributed by atoms with Crippen LogP contribution < -0.4 is 10.5 Å². The fourth-order valence-corrected chi connectivity index (χ4v) is 2.45. The van der Waals surface area contributed by atoms with E-state index in [0.29, 0.717) is 12.4 Å². The zero-order chi connectivity index (χ0) is 13.9. The van der Waals surface area contributed by atoms with Crippen LogP contribution in [0.2, 0.25) is 0 Å². The lowest BCUT2D eigenvalue weighted by Crippen LogP contribution is -2.12. The summed E-state index contributed by atoms with van der Waals surface area (Å²) in [5.41, 5.74) is 0.813. The number of halogens is 1. The van der Waals surface area contributed by atoms with Gasteiger partial charge in [0.05, 0.1) is 4.90 Å². The first-order valence-electron chi connectivity index (χ1n) is 5.42. The number of pyridine rings is 1. The summed E-state index contributed by atoms with van der Waals surface area (Å²) in [4.78, 5) is 4.25. The van der Waals surface area contributed by atoms with Crippen LogP contribution in [-0.4, -0.2) is 13.4 Å². The van der Waals surface area contributed by atoms with Gasteiger partial charge in [0, 0.05) is 17.2 Å². The van der Waals surface area contributed by atoms with Crippen molar-refractivity contribution in [1.29, 1.82) is 0 Å². The van der Waals surface area contributed by atoms with Crippen molar-refractivity contribution in [3.05, 3.63) is 52.6 Å². The third kappa shape index (κ3) is 4.02. The maximum Gasteiger partial charge on any atom is 0.238 e. The molecule has 0 fully saturated rings. The lowest BCUT2D eigenvalue weighted by atomic mass is 10.2. The molecule has 0 aliphatic heterocycles. The van der Waals surface area contributed by atoms with Gasteiger partial charge in [0.15, 0.2) is 0 Å². The number of nitrogens with zero attached hydrogens (tertiary/aromatic N) is 1. The van der Waals surface area contributed by atoms with Gasteiger partial charge in [-0.2, -0.15) is 0 Å². The number of sulfonamides is 1. The predicted molar refractivity (Wildman–Crippen MR) is 77.1 cm³/mol. The van der Waals surface area contributed by atoms with E-state index in [-0.39, 0.29) is 4.90 Å². The second-order valence-corrected chi connectivity index (χ2v) is 6.38. The first-order chi connectivity index (χ1) is 8.95. The summed E-state index contributed by atoms with van der Waals surface area (Å²) in [6.07, 6.45) is 1.67. The van der Waals surface area contributed by atoms with E-state index in [1.165, 1.54) is 6.07 Å². The van der Waals surface area contributed by atoms with Crippen molar-refractivity contribution >= 4 is 31.8 Å². The summed E-state index contributed by atoms with van der Waals surface area (Å²) in [7, 11) is -3.67. The van der Waals surface area contributed by atoms with Crippen LogP contribution in [0.1, 0.15) is 5.56 Å². The van der Waals surface area contributed by atoms with Crippen LogP contribution in [0.5, 0.6) is 0 Å². The summed E-state index contributed by atoms with van der Waals surface area (Å²) < 4.78 is 23.4. The number of aromatic nitrogens is 1. The molecule has 0 radical (unpaired) electrons. The van der Waals surface area contributed by atoms with Crippen LogP contribution in [0.4, 0.5) is 5.82 Å². The topological polar surface area (TPSA) is 85.1 Å². The normalized spacial score (nSPS) is 11.3. The Morgan fingerprint density at radius 3 is 2.74 bits per heavy atom. The second kappa shape index (κ2) is 5.68. The van der Waals surface area contributed by atoms with Crippen LogP contribution in [0.25, 0.3) is 0 Å². The van der Waals surface area contributed by atoms with Crippen molar-refractivity contribution in [2.45, 2.75) is 11.4 Å². The summed E-state index contributed by atoms with van der Waals surface area (Å²) in [5.74, 6) is 0.704. The Kier molecular flexibility index (Phi) is 4.18. The van der Waals surface area contributed by atoms with Crippen molar-refractivity contribution in [3.8, 4) is 0 Å². The Morgan fingerprint density at radius 2 is 2.05 bits per heavy atom. The van der Waals surface area contributed by atoms with Crippen LogP contribution in [0.15, 0.2) is 52.0 Å². The van der Waals surface area contributed by atoms with Crippen LogP contribution >= 0.6 is 15.9 Å². The van der Waals surface area contributed by atoms with Gasteiger partial charge >= 0.3 is 0 Å². The molecule has 2 rings (SSSR count). The highest BCUT2D eigenvalue weighted by Gasteiger charge is 2.07. The smallest absolute Gasteiger partial charge is 0.238 e. The van der Waals surface area contributed by atoms with Crippen molar-refractivity contribution in [2.24, 2.45) is 5.14 Å². The highest BCUT2D eigenvalue weighted by molar-refractivity contribution is 9.10. The number of nitrogens with one attached hydrogen (secondary N) is 1. The highest BCUT2D eigenvalue weighted by Crippen LogP contribution is 2.15. The third-order valence-corrected chi connectivity index (χ3v) is 3.83. The second-order valence-electron chi connectivity index (χ2n) is 3.91. The fourth-order valence-electron chi connectivity index (χ4n) is 1.53. The van der Waals surface area contributed by atoms with Crippen molar-refractivity contribution in [1.82, 2.24) is 4.98 Å². The molecule has 0 aliphatic rings. The lowest BCUT2D eigenvalue weighted by molar-refractivity contribution is 0.597. The molecular formula is C12H12BrN3O2S. The number of anilines is 1. The Hall–Kier alpha value is -1.44. The zero-order valence-electron chi connectivity index (χ0n) is 9.88. The Labute approximate surface area is 120 Å². The number of hydrogen-bond acceptors (Lipinski definition) is 4. The van der Waals surface area contributed by atoms with E-state index in [0.717, 1.165) is 10.0 Å². The molecule has 0 amide bonds. The molecule has 0 saturated heterocycles. The summed E-state index contributed by atoms with van der Waals surface area (Å²) in [6, 6.07) is 10.2. The van der Waals surface area contributed by atoms with E-state index >= 15 is 0 Å². The molecular weight excluding hydrogens is 330 g/mol. The van der Waals surface area contributed by atoms with E-state index in [1.54, 1.807) is 18.3 Å². The van der Waals surface area contributed by atoms with E-state index < -0.39 is 10.0 Å². The predicted octanol–water partition coefficient (Wildman–Crippen LogP) is 2.10. The minimum atomic E-state index is -3.67. The Morgan fingerprint density at radius 1 is 1.26 bits per heavy atom. The average molecular weight is 342 g/mol. The molecule has 3 N–H and O–H groups in total. The number of hydrogen-bond donors (Lipinski definition) is 2. The van der Waals surface area contributed by atoms with Gasteiger partial charge in [-0.3, -0.25) is 0 Å². The maximum absolute atomic E-state index is 11.2. The van der Waals surface area contributed by atoms with Gasteiger partial charge in [0.25, 0.3) is 0 Å². The molecule has 0 atom stereocenters. The third-order valence-electron chi connectivity index (χ3n) is 2.42. The molecule has 2 aromatic rings. The maximum atomic E-state index is 11.2. The van der Waals surface area contributed by atoms with Gasteiger partial charge in [-0.15, -0.1) is 0 Å². The standard InChI is InChI=1S/C12H12BrN3O2S/c13-10-4-5-15-12(7-10)16-8-9-2-1-3-11(6-9)19(14,17)18/h1-7H,8H2,(H,15,16)(H2,14,17,18). The largest absolute Gasteiger partial charge is 0.366 e. The highest BCUT2D eigenvalue weighted by atomic mass is 79.9. The van der Waals surface area contributed by atoms with E-state index in [2.05, 4.69) is 26.2 Å². The number of rotatable bonds is 4. The van der Waals surface area contributed by atoms with Crippen LogP contribution in [-0.2, 0) is 16.6 Å². The molecule has 0 spiro atoms. The van der Waals surface area contributed by atoms with Gasteiger partial charge < -0.3 is 5.32 Å². The van der Waals surface area contributed by atoms with Crippen molar-refractivity contribution < 1.29 is 8.42 Å². The monoisotopic (exact) mass is 341 g/mol. The van der Waals surface area contributed by atoms with Gasteiger partial charge in [0.1, 0.15) is 5.82 Å². The number of primary sulfonamides is 1. The van der Waals surface area contributed by atoms with E-state index in [9.17, 15) is 8.42 Å². The summed E-state index contributed by atoms with van der Waals surface area (Å²) in [5, 5.41) is 8.19. The van der Waals surface area contributed by atoms with Gasteiger partial charge in [-0.1, -0.05) is 28.1 Å². The van der Waals surface area contributed by atoms with Crippen molar-refractivity contribution in [2.75, 3.05) is 5.32 Å². The minimum absolute atomic E-state index is 0.106. The molecule has 1 aromatic heterocycles. The molecule has 0 aliphatic carbocycles. The molecule has 5 nitrogen and oxygen atoms in total. The van der Waals surface area contributed by atoms with E-state index in [4.69, 9.17) is 5.14 Å². The van der Waals surface area contributed by atoms with E-state index in [1.807, 2.05) is 18.2 Å². The molecule has 0 saturated carbocycles. The average Bonchev–Trinajstić information content (AvgIpc) is 2.36. The zero-order valence-corrected chi connectivity index (χ0v) is 12.3. The Balaban J connectivity index is 2.12. The molecule has 0 unspecified atom stereocenters. The molecule has 1 heterocycles. The first kappa shape index (κ1) is 14.0. The van der Waals surface area contributed by atoms with Gasteiger partial charge in [0.2, 0.25) is 10.0 Å². The quantitative estimate of drug-likeness (QED) is 0.891. The van der Waals surface area contributed by atoms with Gasteiger partial charge in [-0.05, 0) is 29.8 Å². The van der Waals surface area contributed by atoms with Gasteiger partial charge in [-0.25, -0.2) is 18.5 Å². The van der Waals surface area contributed by atoms with Crippen LogP contribution in [0, 0.1) is 0 Å². The number of benzene rings is 1. The fraction of sp³-hybridized carbons (Fsp3) is 0.0833. The molecule has 7 heteroatoms. The molecule has 100 valence electrons. The summed E-state index contributed by atoms with van der Waals surface area (Å²) in [6.45, 7) is 0.465. The molecule has 19 heavy (non-hydrogen) atoms. The first-order valence-corrected chi connectivity index (χ1v) is 7.76. The SMILES string of the molecule is NS(=O)(=O)c1cccc(CNc2cc(Br)ccn2)c1. The Bertz CT molecular complexity index is 689. The van der Waals surface area contributed by atoms with Crippen LogP contribution in [0.3, 0.4) is 0 Å². The molecule has 1 aromatic carbocycles. The molecule has 0 bridgehead atoms. The number of nitrogens with two attached hydrogens (primary N) is 1. The van der Waals surface area contributed by atoms with Crippen molar-refractivity contribution in [3.63, 3.8) is 0 Å².